The van der Waals surface area contributed by atoms with Gasteiger partial charge in [0, 0.05) is 38.8 Å². The molecule has 1 fully saturated rings. The van der Waals surface area contributed by atoms with Gasteiger partial charge in [0.05, 0.1) is 5.56 Å². The summed E-state index contributed by atoms with van der Waals surface area (Å²) < 4.78 is 13.4. The van der Waals surface area contributed by atoms with Crippen LogP contribution in [0.1, 0.15) is 11.6 Å². The van der Waals surface area contributed by atoms with Gasteiger partial charge in [0.15, 0.2) is 0 Å². The molecule has 30 heavy (non-hydrogen) atoms. The Morgan fingerprint density at radius 2 is 1.70 bits per heavy atom. The van der Waals surface area contributed by atoms with Crippen LogP contribution < -0.4 is 16.0 Å². The van der Waals surface area contributed by atoms with Gasteiger partial charge in [0.2, 0.25) is 0 Å². The van der Waals surface area contributed by atoms with E-state index in [0.717, 1.165) is 49.7 Å². The first-order chi connectivity index (χ1) is 14.7. The fraction of sp³-hybridized carbons (Fsp3) is 0.304. The number of nitrogens with one attached hydrogen (secondary N) is 1. The van der Waals surface area contributed by atoms with Crippen LogP contribution in [0.5, 0.6) is 0 Å². The van der Waals surface area contributed by atoms with Crippen LogP contribution >= 0.6 is 0 Å². The van der Waals surface area contributed by atoms with Crippen LogP contribution in [0.25, 0.3) is 11.1 Å². The molecule has 1 aliphatic heterocycles. The van der Waals surface area contributed by atoms with E-state index in [0.29, 0.717) is 11.9 Å². The second kappa shape index (κ2) is 9.19. The lowest BCUT2D eigenvalue weighted by Crippen LogP contribution is -2.49. The Kier molecular flexibility index (Phi) is 6.21. The van der Waals surface area contributed by atoms with E-state index < -0.39 is 0 Å². The number of rotatable bonds is 6. The maximum absolute atomic E-state index is 13.4. The third kappa shape index (κ3) is 4.27. The second-order valence-corrected chi connectivity index (χ2v) is 7.47. The molecule has 156 valence electrons. The number of likely N-dealkylation sites (N-methyl/N-ethyl adjacent to an activating group) is 1. The Hall–Kier alpha value is -3.03. The van der Waals surface area contributed by atoms with Gasteiger partial charge in [-0.2, -0.15) is 0 Å². The quantitative estimate of drug-likeness (QED) is 0.656. The molecule has 4 rings (SSSR count). The first kappa shape index (κ1) is 20.3. The van der Waals surface area contributed by atoms with Crippen molar-refractivity contribution in [1.29, 1.82) is 0 Å². The molecule has 1 unspecified atom stereocenters. The third-order valence-electron chi connectivity index (χ3n) is 5.63. The van der Waals surface area contributed by atoms with E-state index in [9.17, 15) is 4.39 Å². The molecule has 6 nitrogen and oxygen atoms in total. The number of hydrogen-bond donors (Lipinski definition) is 2. The molecule has 0 radical (unpaired) electrons. The smallest absolute Gasteiger partial charge is 0.142 e. The highest BCUT2D eigenvalue weighted by molar-refractivity contribution is 5.84. The minimum atomic E-state index is -0.277. The summed E-state index contributed by atoms with van der Waals surface area (Å²) in [6.45, 7) is 4.38. The van der Waals surface area contributed by atoms with Crippen molar-refractivity contribution in [2.75, 3.05) is 50.4 Å². The molecular weight excluding hydrogens is 379 g/mol. The van der Waals surface area contributed by atoms with E-state index in [2.05, 4.69) is 49.4 Å². The van der Waals surface area contributed by atoms with Crippen LogP contribution in [0.4, 0.5) is 16.0 Å². The first-order valence-corrected chi connectivity index (χ1v) is 10.2. The van der Waals surface area contributed by atoms with Gasteiger partial charge in [-0.25, -0.2) is 14.4 Å². The summed E-state index contributed by atoms with van der Waals surface area (Å²) in [7, 11) is 1.99. The van der Waals surface area contributed by atoms with Gasteiger partial charge in [-0.15, -0.1) is 0 Å². The number of nitrogen functional groups attached to an aromatic ring is 1. The molecule has 3 aromatic rings. The summed E-state index contributed by atoms with van der Waals surface area (Å²) in [5, 5.41) is 3.33. The van der Waals surface area contributed by atoms with E-state index in [-0.39, 0.29) is 5.82 Å². The van der Waals surface area contributed by atoms with Crippen LogP contribution in [0.3, 0.4) is 0 Å². The van der Waals surface area contributed by atoms with Gasteiger partial charge in [0.25, 0.3) is 0 Å². The number of nitrogens with zero attached hydrogens (tertiary/aromatic N) is 4. The van der Waals surface area contributed by atoms with Crippen molar-refractivity contribution in [1.82, 2.24) is 20.2 Å². The lowest BCUT2D eigenvalue weighted by Gasteiger charge is -2.40. The number of benzene rings is 2. The summed E-state index contributed by atoms with van der Waals surface area (Å²) in [6, 6.07) is 17.2. The van der Waals surface area contributed by atoms with Gasteiger partial charge in [-0.3, -0.25) is 4.90 Å². The summed E-state index contributed by atoms with van der Waals surface area (Å²) in [6.07, 6.45) is 1.50. The van der Waals surface area contributed by atoms with E-state index in [1.54, 1.807) is 12.1 Å². The minimum Gasteiger partial charge on any atom is -0.383 e. The average molecular weight is 407 g/mol. The Morgan fingerprint density at radius 1 is 1.00 bits per heavy atom. The van der Waals surface area contributed by atoms with Gasteiger partial charge in [-0.05, 0) is 30.3 Å². The summed E-state index contributed by atoms with van der Waals surface area (Å²) in [5.41, 5.74) is 9.11. The number of halogens is 1. The predicted molar refractivity (Wildman–Crippen MR) is 119 cm³/mol. The first-order valence-electron chi connectivity index (χ1n) is 10.2. The molecule has 1 aliphatic rings. The topological polar surface area (TPSA) is 70.3 Å². The van der Waals surface area contributed by atoms with Gasteiger partial charge >= 0.3 is 0 Å². The average Bonchev–Trinajstić information content (AvgIpc) is 2.79. The van der Waals surface area contributed by atoms with Crippen molar-refractivity contribution < 1.29 is 4.39 Å². The predicted octanol–water partition coefficient (Wildman–Crippen LogP) is 2.95. The van der Waals surface area contributed by atoms with Gasteiger partial charge in [0.1, 0.15) is 23.8 Å². The Labute approximate surface area is 176 Å². The lowest BCUT2D eigenvalue weighted by molar-refractivity contribution is 0.183. The van der Waals surface area contributed by atoms with E-state index in [1.807, 2.05) is 13.1 Å². The number of piperazine rings is 1. The van der Waals surface area contributed by atoms with E-state index >= 15 is 0 Å². The monoisotopic (exact) mass is 406 g/mol. The Morgan fingerprint density at radius 3 is 2.37 bits per heavy atom. The zero-order valence-electron chi connectivity index (χ0n) is 17.1. The van der Waals surface area contributed by atoms with E-state index in [1.165, 1.54) is 24.0 Å². The van der Waals surface area contributed by atoms with Crippen molar-refractivity contribution in [3.05, 3.63) is 72.3 Å². The van der Waals surface area contributed by atoms with Crippen LogP contribution in [-0.4, -0.2) is 54.6 Å². The fourth-order valence-electron chi connectivity index (χ4n) is 4.09. The van der Waals surface area contributed by atoms with Crippen molar-refractivity contribution in [2.45, 2.75) is 6.04 Å². The van der Waals surface area contributed by atoms with Crippen LogP contribution in [0.2, 0.25) is 0 Å². The highest BCUT2D eigenvalue weighted by Crippen LogP contribution is 2.34. The standard InChI is InChI=1S/C23H27FN6/c1-26-15-20(17-5-3-2-4-6-17)29-11-13-30(14-12-29)23-21(22(25)27-16-28-23)18-7-9-19(24)10-8-18/h2-10,16,20,26H,11-15H2,1H3,(H2,25,27,28). The lowest BCUT2D eigenvalue weighted by atomic mass is 10.0. The summed E-state index contributed by atoms with van der Waals surface area (Å²) in [4.78, 5) is 13.5. The van der Waals surface area contributed by atoms with Crippen molar-refractivity contribution in [3.63, 3.8) is 0 Å². The Balaban J connectivity index is 1.54. The zero-order valence-corrected chi connectivity index (χ0v) is 17.1. The normalized spacial score (nSPS) is 15.9. The summed E-state index contributed by atoms with van der Waals surface area (Å²) in [5.74, 6) is 0.936. The highest BCUT2D eigenvalue weighted by atomic mass is 19.1. The highest BCUT2D eigenvalue weighted by Gasteiger charge is 2.27. The molecule has 3 N–H and O–H groups in total. The van der Waals surface area contributed by atoms with Crippen LogP contribution in [0, 0.1) is 5.82 Å². The van der Waals surface area contributed by atoms with Crippen molar-refractivity contribution in [3.8, 4) is 11.1 Å². The number of anilines is 2. The Bertz CT molecular complexity index is 955. The number of hydrogen-bond acceptors (Lipinski definition) is 6. The van der Waals surface area contributed by atoms with E-state index in [4.69, 9.17) is 5.73 Å². The van der Waals surface area contributed by atoms with Gasteiger partial charge < -0.3 is 16.0 Å². The molecule has 1 atom stereocenters. The van der Waals surface area contributed by atoms with Crippen LogP contribution in [0.15, 0.2) is 60.9 Å². The third-order valence-corrected chi connectivity index (χ3v) is 5.63. The van der Waals surface area contributed by atoms with Gasteiger partial charge in [-0.1, -0.05) is 42.5 Å². The largest absolute Gasteiger partial charge is 0.383 e. The maximum Gasteiger partial charge on any atom is 0.142 e. The number of nitrogens with two attached hydrogens (primary N) is 1. The molecule has 2 aromatic carbocycles. The maximum atomic E-state index is 13.4. The molecule has 0 amide bonds. The molecule has 7 heteroatoms. The molecular formula is C23H27FN6. The van der Waals surface area contributed by atoms with Crippen molar-refractivity contribution in [2.24, 2.45) is 0 Å². The second-order valence-electron chi connectivity index (χ2n) is 7.47. The SMILES string of the molecule is CNCC(c1ccccc1)N1CCN(c2ncnc(N)c2-c2ccc(F)cc2)CC1. The molecule has 1 aromatic heterocycles. The summed E-state index contributed by atoms with van der Waals surface area (Å²) >= 11 is 0. The molecule has 0 bridgehead atoms. The van der Waals surface area contributed by atoms with Crippen LogP contribution in [-0.2, 0) is 0 Å². The van der Waals surface area contributed by atoms with Crippen molar-refractivity contribution >= 4 is 11.6 Å². The molecule has 2 heterocycles. The fourth-order valence-corrected chi connectivity index (χ4v) is 4.09. The molecule has 0 saturated carbocycles. The minimum absolute atomic E-state index is 0.277. The number of aromatic nitrogens is 2. The molecule has 0 spiro atoms. The zero-order chi connectivity index (χ0) is 20.9. The molecule has 1 saturated heterocycles. The molecule has 0 aliphatic carbocycles.